The minimum Gasteiger partial charge on any atom is -0.493 e. The fraction of sp³-hybridized carbons (Fsp3) is 0.200. The predicted molar refractivity (Wildman–Crippen MR) is 71.0 cm³/mol. The van der Waals surface area contributed by atoms with E-state index in [1.807, 2.05) is 0 Å². The van der Waals surface area contributed by atoms with Crippen LogP contribution in [-0.2, 0) is 0 Å². The smallest absolute Gasteiger partial charge is 0.251 e. The molecule has 1 aliphatic rings. The third-order valence-electron chi connectivity index (χ3n) is 3.26. The van der Waals surface area contributed by atoms with Crippen LogP contribution in [0.2, 0.25) is 0 Å². The Bertz CT molecular complexity index is 631. The number of hydrogen-bond acceptors (Lipinski definition) is 3. The van der Waals surface area contributed by atoms with Crippen molar-refractivity contribution in [2.45, 2.75) is 12.5 Å². The summed E-state index contributed by atoms with van der Waals surface area (Å²) >= 11 is 0. The average Bonchev–Trinajstić information content (AvgIpc) is 2.49. The second kappa shape index (κ2) is 5.28. The normalized spacial score (nSPS) is 16.9. The lowest BCUT2D eigenvalue weighted by Crippen LogP contribution is -2.32. The van der Waals surface area contributed by atoms with Crippen molar-refractivity contribution in [2.75, 3.05) is 6.61 Å². The maximum atomic E-state index is 13.4. The van der Waals surface area contributed by atoms with Crippen LogP contribution in [0, 0.1) is 5.82 Å². The van der Waals surface area contributed by atoms with Gasteiger partial charge in [-0.05, 0) is 30.3 Å². The summed E-state index contributed by atoms with van der Waals surface area (Å²) in [7, 11) is 0. The second-order valence-electron chi connectivity index (χ2n) is 4.58. The van der Waals surface area contributed by atoms with Gasteiger partial charge in [0.05, 0.1) is 12.6 Å². The molecule has 1 unspecified atom stereocenters. The van der Waals surface area contributed by atoms with E-state index in [2.05, 4.69) is 10.3 Å². The molecule has 0 radical (unpaired) electrons. The molecular formula is C15H13FN2O2. The number of carbonyl (C=O) groups is 1. The van der Waals surface area contributed by atoms with Crippen molar-refractivity contribution in [3.8, 4) is 5.75 Å². The van der Waals surface area contributed by atoms with Crippen LogP contribution in [0.1, 0.15) is 28.4 Å². The summed E-state index contributed by atoms with van der Waals surface area (Å²) in [4.78, 5) is 16.0. The van der Waals surface area contributed by atoms with Crippen LogP contribution in [0.15, 0.2) is 42.7 Å². The fourth-order valence-corrected chi connectivity index (χ4v) is 2.26. The van der Waals surface area contributed by atoms with Crippen LogP contribution in [-0.4, -0.2) is 17.5 Å². The van der Waals surface area contributed by atoms with E-state index in [1.54, 1.807) is 30.6 Å². The van der Waals surface area contributed by atoms with Gasteiger partial charge in [0, 0.05) is 29.9 Å². The molecule has 0 saturated carbocycles. The van der Waals surface area contributed by atoms with E-state index in [0.717, 1.165) is 0 Å². The molecule has 1 amide bonds. The van der Waals surface area contributed by atoms with E-state index >= 15 is 0 Å². The Hall–Kier alpha value is -2.43. The zero-order chi connectivity index (χ0) is 13.9. The summed E-state index contributed by atoms with van der Waals surface area (Å²) in [5, 5.41) is 2.91. The quantitative estimate of drug-likeness (QED) is 0.913. The number of nitrogens with one attached hydrogen (secondary N) is 1. The zero-order valence-corrected chi connectivity index (χ0v) is 10.7. The first kappa shape index (κ1) is 12.6. The number of fused-ring (bicyclic) bond motifs is 1. The van der Waals surface area contributed by atoms with E-state index in [4.69, 9.17) is 4.74 Å². The Kier molecular flexibility index (Phi) is 3.33. The van der Waals surface area contributed by atoms with Crippen LogP contribution in [0.4, 0.5) is 4.39 Å². The number of pyridine rings is 1. The van der Waals surface area contributed by atoms with Crippen LogP contribution in [0.3, 0.4) is 0 Å². The third-order valence-corrected chi connectivity index (χ3v) is 3.26. The van der Waals surface area contributed by atoms with Crippen LogP contribution in [0.25, 0.3) is 0 Å². The van der Waals surface area contributed by atoms with Crippen molar-refractivity contribution in [1.29, 1.82) is 0 Å². The van der Waals surface area contributed by atoms with E-state index in [9.17, 15) is 9.18 Å². The molecular weight excluding hydrogens is 259 g/mol. The molecule has 1 aromatic carbocycles. The highest BCUT2D eigenvalue weighted by atomic mass is 19.1. The molecule has 2 aromatic rings. The Balaban J connectivity index is 1.83. The molecule has 2 heterocycles. The lowest BCUT2D eigenvalue weighted by molar-refractivity contribution is 0.0924. The molecule has 4 nitrogen and oxygen atoms in total. The Labute approximate surface area is 115 Å². The van der Waals surface area contributed by atoms with E-state index in [0.29, 0.717) is 29.9 Å². The first-order valence-electron chi connectivity index (χ1n) is 6.37. The third kappa shape index (κ3) is 2.47. The first-order chi connectivity index (χ1) is 9.74. The van der Waals surface area contributed by atoms with Gasteiger partial charge in [0.15, 0.2) is 0 Å². The van der Waals surface area contributed by atoms with Crippen molar-refractivity contribution in [2.24, 2.45) is 0 Å². The van der Waals surface area contributed by atoms with E-state index in [1.165, 1.54) is 12.1 Å². The van der Waals surface area contributed by atoms with Crippen molar-refractivity contribution in [3.63, 3.8) is 0 Å². The second-order valence-corrected chi connectivity index (χ2v) is 4.58. The molecule has 0 aliphatic carbocycles. The van der Waals surface area contributed by atoms with E-state index in [-0.39, 0.29) is 17.8 Å². The number of carbonyl (C=O) groups excluding carboxylic acids is 1. The van der Waals surface area contributed by atoms with Gasteiger partial charge in [-0.3, -0.25) is 9.78 Å². The van der Waals surface area contributed by atoms with Crippen molar-refractivity contribution >= 4 is 5.91 Å². The average molecular weight is 272 g/mol. The molecule has 102 valence electrons. The molecule has 1 aromatic heterocycles. The number of aromatic nitrogens is 1. The lowest BCUT2D eigenvalue weighted by atomic mass is 10.00. The number of ether oxygens (including phenoxy) is 1. The Morgan fingerprint density at radius 1 is 1.30 bits per heavy atom. The highest BCUT2D eigenvalue weighted by Gasteiger charge is 2.23. The number of hydrogen-bond donors (Lipinski definition) is 1. The highest BCUT2D eigenvalue weighted by Crippen LogP contribution is 2.32. The topological polar surface area (TPSA) is 51.2 Å². The zero-order valence-electron chi connectivity index (χ0n) is 10.7. The minimum absolute atomic E-state index is 0.200. The molecule has 0 fully saturated rings. The lowest BCUT2D eigenvalue weighted by Gasteiger charge is -2.26. The molecule has 3 rings (SSSR count). The summed E-state index contributed by atoms with van der Waals surface area (Å²) in [6, 6.07) is 7.39. The van der Waals surface area contributed by atoms with Gasteiger partial charge in [-0.2, -0.15) is 0 Å². The summed E-state index contributed by atoms with van der Waals surface area (Å²) in [5.41, 5.74) is 1.21. The van der Waals surface area contributed by atoms with Crippen molar-refractivity contribution < 1.29 is 13.9 Å². The van der Waals surface area contributed by atoms with Gasteiger partial charge >= 0.3 is 0 Å². The predicted octanol–water partition coefficient (Wildman–Crippen LogP) is 2.47. The molecule has 20 heavy (non-hydrogen) atoms. The largest absolute Gasteiger partial charge is 0.493 e. The number of halogens is 1. The standard InChI is InChI=1S/C15H13FN2O2/c16-11-1-2-14-12(9-11)13(5-8-20-14)18-15(19)10-3-6-17-7-4-10/h1-4,6-7,9,13H,5,8H2,(H,18,19). The first-order valence-corrected chi connectivity index (χ1v) is 6.37. The van der Waals surface area contributed by atoms with Crippen LogP contribution in [0.5, 0.6) is 5.75 Å². The maximum Gasteiger partial charge on any atom is 0.251 e. The Morgan fingerprint density at radius 2 is 2.10 bits per heavy atom. The van der Waals surface area contributed by atoms with E-state index < -0.39 is 0 Å². The number of rotatable bonds is 2. The summed E-state index contributed by atoms with van der Waals surface area (Å²) in [6.45, 7) is 0.500. The Morgan fingerprint density at radius 3 is 2.90 bits per heavy atom. The minimum atomic E-state index is -0.336. The van der Waals surface area contributed by atoms with Crippen LogP contribution < -0.4 is 10.1 Å². The fourth-order valence-electron chi connectivity index (χ4n) is 2.26. The number of benzene rings is 1. The molecule has 1 N–H and O–H groups in total. The number of amides is 1. The van der Waals surface area contributed by atoms with Gasteiger partial charge in [-0.25, -0.2) is 4.39 Å². The van der Waals surface area contributed by atoms with Gasteiger partial charge in [0.25, 0.3) is 5.91 Å². The monoisotopic (exact) mass is 272 g/mol. The molecule has 0 spiro atoms. The van der Waals surface area contributed by atoms with Gasteiger partial charge < -0.3 is 10.1 Å². The van der Waals surface area contributed by atoms with Gasteiger partial charge in [-0.15, -0.1) is 0 Å². The van der Waals surface area contributed by atoms with Crippen LogP contribution >= 0.6 is 0 Å². The summed E-state index contributed by atoms with van der Waals surface area (Å²) < 4.78 is 18.8. The molecule has 5 heteroatoms. The number of nitrogens with zero attached hydrogens (tertiary/aromatic N) is 1. The van der Waals surface area contributed by atoms with Gasteiger partial charge in [0.1, 0.15) is 11.6 Å². The molecule has 0 bridgehead atoms. The van der Waals surface area contributed by atoms with Crippen molar-refractivity contribution in [3.05, 3.63) is 59.7 Å². The highest BCUT2D eigenvalue weighted by molar-refractivity contribution is 5.94. The molecule has 1 atom stereocenters. The van der Waals surface area contributed by atoms with Gasteiger partial charge in [0.2, 0.25) is 0 Å². The maximum absolute atomic E-state index is 13.4. The van der Waals surface area contributed by atoms with Crippen molar-refractivity contribution in [1.82, 2.24) is 10.3 Å². The SMILES string of the molecule is O=C(NC1CCOc2ccc(F)cc21)c1ccncc1. The summed E-state index contributed by atoms with van der Waals surface area (Å²) in [6.07, 6.45) is 3.74. The summed E-state index contributed by atoms with van der Waals surface area (Å²) in [5.74, 6) is 0.0876. The molecule has 0 saturated heterocycles. The molecule has 1 aliphatic heterocycles. The van der Waals surface area contributed by atoms with Gasteiger partial charge in [-0.1, -0.05) is 0 Å².